The van der Waals surface area contributed by atoms with Gasteiger partial charge in [0.05, 0.1) is 0 Å². The standard InChI is InChI=1S/C18H19BrN2/c1-12-16(15-6-4-5-7-18(15)20-12)10-13-8-9-14(21(2)3)11-17(13)19/h4-9,11,20H,10H2,1-3H3. The van der Waals surface area contributed by atoms with Crippen molar-refractivity contribution >= 4 is 32.5 Å². The third-order valence-corrected chi connectivity index (χ3v) is 4.69. The molecule has 2 nitrogen and oxygen atoms in total. The van der Waals surface area contributed by atoms with Crippen LogP contribution in [0.25, 0.3) is 10.9 Å². The van der Waals surface area contributed by atoms with Crippen molar-refractivity contribution in [3.63, 3.8) is 0 Å². The Morgan fingerprint density at radius 3 is 2.57 bits per heavy atom. The van der Waals surface area contributed by atoms with Gasteiger partial charge in [0.25, 0.3) is 0 Å². The lowest BCUT2D eigenvalue weighted by molar-refractivity contribution is 1.11. The first-order valence-electron chi connectivity index (χ1n) is 7.08. The number of nitrogens with one attached hydrogen (secondary N) is 1. The van der Waals surface area contributed by atoms with E-state index < -0.39 is 0 Å². The summed E-state index contributed by atoms with van der Waals surface area (Å²) in [5.41, 5.74) is 6.37. The number of nitrogens with zero attached hydrogens (tertiary/aromatic N) is 1. The zero-order valence-corrected chi connectivity index (χ0v) is 14.2. The number of benzene rings is 2. The average Bonchev–Trinajstić information content (AvgIpc) is 2.77. The van der Waals surface area contributed by atoms with E-state index in [0.29, 0.717) is 0 Å². The highest BCUT2D eigenvalue weighted by Crippen LogP contribution is 2.29. The number of para-hydroxylation sites is 1. The van der Waals surface area contributed by atoms with Crippen molar-refractivity contribution in [2.75, 3.05) is 19.0 Å². The van der Waals surface area contributed by atoms with Crippen molar-refractivity contribution in [2.45, 2.75) is 13.3 Å². The summed E-state index contributed by atoms with van der Waals surface area (Å²) < 4.78 is 1.17. The molecule has 1 N–H and O–H groups in total. The molecule has 108 valence electrons. The second-order valence-electron chi connectivity index (χ2n) is 5.62. The van der Waals surface area contributed by atoms with Gasteiger partial charge in [-0.25, -0.2) is 0 Å². The van der Waals surface area contributed by atoms with Crippen LogP contribution in [0.5, 0.6) is 0 Å². The molecular formula is C18H19BrN2. The molecular weight excluding hydrogens is 324 g/mol. The molecule has 0 radical (unpaired) electrons. The van der Waals surface area contributed by atoms with E-state index in [9.17, 15) is 0 Å². The number of rotatable bonds is 3. The molecule has 3 rings (SSSR count). The number of aryl methyl sites for hydroxylation is 1. The monoisotopic (exact) mass is 342 g/mol. The van der Waals surface area contributed by atoms with Crippen LogP contribution in [-0.4, -0.2) is 19.1 Å². The molecule has 0 saturated carbocycles. The molecule has 0 aliphatic rings. The molecule has 21 heavy (non-hydrogen) atoms. The Morgan fingerprint density at radius 2 is 1.86 bits per heavy atom. The third-order valence-electron chi connectivity index (χ3n) is 3.95. The minimum Gasteiger partial charge on any atom is -0.378 e. The lowest BCUT2D eigenvalue weighted by Crippen LogP contribution is -2.08. The number of H-pyrrole nitrogens is 1. The summed E-state index contributed by atoms with van der Waals surface area (Å²) in [5, 5.41) is 1.32. The molecule has 0 spiro atoms. The van der Waals surface area contributed by atoms with Crippen LogP contribution in [0.15, 0.2) is 46.9 Å². The first kappa shape index (κ1) is 14.2. The minimum absolute atomic E-state index is 0.935. The first-order valence-corrected chi connectivity index (χ1v) is 7.87. The lowest BCUT2D eigenvalue weighted by atomic mass is 10.0. The molecule has 3 aromatic rings. The van der Waals surface area contributed by atoms with Crippen molar-refractivity contribution in [3.05, 3.63) is 63.8 Å². The van der Waals surface area contributed by atoms with Crippen LogP contribution in [-0.2, 0) is 6.42 Å². The van der Waals surface area contributed by atoms with E-state index in [4.69, 9.17) is 0 Å². The van der Waals surface area contributed by atoms with Crippen molar-refractivity contribution in [1.82, 2.24) is 4.98 Å². The van der Waals surface area contributed by atoms with Gasteiger partial charge in [0.1, 0.15) is 0 Å². The Kier molecular flexibility index (Phi) is 3.77. The van der Waals surface area contributed by atoms with Crippen LogP contribution in [0.3, 0.4) is 0 Å². The number of halogens is 1. The number of aromatic nitrogens is 1. The Balaban J connectivity index is 2.01. The van der Waals surface area contributed by atoms with Crippen LogP contribution >= 0.6 is 15.9 Å². The summed E-state index contributed by atoms with van der Waals surface area (Å²) in [6.45, 7) is 2.15. The van der Waals surface area contributed by atoms with Gasteiger partial charge < -0.3 is 9.88 Å². The van der Waals surface area contributed by atoms with Gasteiger partial charge in [0, 0.05) is 47.3 Å². The molecule has 0 amide bonds. The SMILES string of the molecule is Cc1[nH]c2ccccc2c1Cc1ccc(N(C)C)cc1Br. The summed E-state index contributed by atoms with van der Waals surface area (Å²) in [5.74, 6) is 0. The van der Waals surface area contributed by atoms with Crippen LogP contribution in [0.2, 0.25) is 0 Å². The molecule has 0 unspecified atom stereocenters. The summed E-state index contributed by atoms with van der Waals surface area (Å²) >= 11 is 3.71. The molecule has 0 saturated heterocycles. The topological polar surface area (TPSA) is 19.0 Å². The number of fused-ring (bicyclic) bond motifs is 1. The lowest BCUT2D eigenvalue weighted by Gasteiger charge is -2.14. The van der Waals surface area contributed by atoms with Gasteiger partial charge in [-0.15, -0.1) is 0 Å². The molecule has 0 bridgehead atoms. The van der Waals surface area contributed by atoms with E-state index in [0.717, 1.165) is 6.42 Å². The zero-order chi connectivity index (χ0) is 15.0. The molecule has 2 aromatic carbocycles. The Bertz CT molecular complexity index is 787. The van der Waals surface area contributed by atoms with Crippen molar-refractivity contribution in [3.8, 4) is 0 Å². The van der Waals surface area contributed by atoms with Crippen LogP contribution in [0.4, 0.5) is 5.69 Å². The molecule has 0 aliphatic heterocycles. The highest BCUT2D eigenvalue weighted by Gasteiger charge is 2.11. The summed E-state index contributed by atoms with van der Waals surface area (Å²) in [4.78, 5) is 5.59. The second-order valence-corrected chi connectivity index (χ2v) is 6.48. The van der Waals surface area contributed by atoms with Crippen molar-refractivity contribution in [1.29, 1.82) is 0 Å². The maximum atomic E-state index is 3.71. The first-order chi connectivity index (χ1) is 10.1. The minimum atomic E-state index is 0.935. The van der Waals surface area contributed by atoms with Gasteiger partial charge >= 0.3 is 0 Å². The molecule has 0 atom stereocenters. The number of anilines is 1. The molecule has 3 heteroatoms. The fourth-order valence-electron chi connectivity index (χ4n) is 2.71. The van der Waals surface area contributed by atoms with Crippen molar-refractivity contribution in [2.24, 2.45) is 0 Å². The molecule has 1 heterocycles. The highest BCUT2D eigenvalue weighted by molar-refractivity contribution is 9.10. The predicted octanol–water partition coefficient (Wildman–Crippen LogP) is 4.90. The van der Waals surface area contributed by atoms with E-state index in [1.54, 1.807) is 0 Å². The van der Waals surface area contributed by atoms with Gasteiger partial charge in [-0.2, -0.15) is 0 Å². The number of hydrogen-bond acceptors (Lipinski definition) is 1. The van der Waals surface area contributed by atoms with Gasteiger partial charge in [0.2, 0.25) is 0 Å². The normalized spacial score (nSPS) is 11.0. The number of hydrogen-bond donors (Lipinski definition) is 1. The molecule has 0 aliphatic carbocycles. The van der Waals surface area contributed by atoms with Gasteiger partial charge in [-0.1, -0.05) is 40.2 Å². The summed E-state index contributed by atoms with van der Waals surface area (Å²) in [7, 11) is 4.12. The fraction of sp³-hybridized carbons (Fsp3) is 0.222. The molecule has 0 fully saturated rings. The average molecular weight is 343 g/mol. The summed E-state index contributed by atoms with van der Waals surface area (Å²) in [6, 6.07) is 15.1. The van der Waals surface area contributed by atoms with Crippen LogP contribution < -0.4 is 4.90 Å². The number of aromatic amines is 1. The van der Waals surface area contributed by atoms with E-state index in [1.807, 2.05) is 0 Å². The largest absolute Gasteiger partial charge is 0.378 e. The third kappa shape index (κ3) is 2.70. The summed E-state index contributed by atoms with van der Waals surface area (Å²) in [6.07, 6.45) is 0.935. The smallest absolute Gasteiger partial charge is 0.0458 e. The van der Waals surface area contributed by atoms with Gasteiger partial charge in [0.15, 0.2) is 0 Å². The van der Waals surface area contributed by atoms with E-state index >= 15 is 0 Å². The molecule has 1 aromatic heterocycles. The fourth-order valence-corrected chi connectivity index (χ4v) is 3.22. The van der Waals surface area contributed by atoms with E-state index in [1.165, 1.54) is 37.9 Å². The Hall–Kier alpha value is -1.74. The van der Waals surface area contributed by atoms with E-state index in [-0.39, 0.29) is 0 Å². The maximum Gasteiger partial charge on any atom is 0.0458 e. The maximum absolute atomic E-state index is 3.71. The van der Waals surface area contributed by atoms with Gasteiger partial charge in [-0.05, 0) is 36.2 Å². The Morgan fingerprint density at radius 1 is 1.10 bits per heavy atom. The highest BCUT2D eigenvalue weighted by atomic mass is 79.9. The van der Waals surface area contributed by atoms with Crippen molar-refractivity contribution < 1.29 is 0 Å². The quantitative estimate of drug-likeness (QED) is 0.717. The predicted molar refractivity (Wildman–Crippen MR) is 94.3 cm³/mol. The van der Waals surface area contributed by atoms with Crippen LogP contribution in [0.1, 0.15) is 16.8 Å². The zero-order valence-electron chi connectivity index (χ0n) is 12.6. The van der Waals surface area contributed by atoms with Crippen LogP contribution in [0, 0.1) is 6.92 Å². The second kappa shape index (κ2) is 5.57. The van der Waals surface area contributed by atoms with E-state index in [2.05, 4.69) is 89.3 Å². The Labute approximate surface area is 133 Å². The van der Waals surface area contributed by atoms with Gasteiger partial charge in [-0.3, -0.25) is 0 Å².